The maximum absolute atomic E-state index is 13.2. The summed E-state index contributed by atoms with van der Waals surface area (Å²) in [5.74, 6) is -0.379. The number of benzene rings is 2. The third-order valence-electron chi connectivity index (χ3n) is 5.46. The highest BCUT2D eigenvalue weighted by atomic mass is 32.2. The third kappa shape index (κ3) is 8.25. The fourth-order valence-electron chi connectivity index (χ4n) is 3.53. The van der Waals surface area contributed by atoms with Gasteiger partial charge in [0.05, 0.1) is 4.90 Å². The Hall–Kier alpha value is -2.71. The largest absolute Gasteiger partial charge is 0.350 e. The molecule has 0 aliphatic heterocycles. The second-order valence-corrected chi connectivity index (χ2v) is 11.5. The van der Waals surface area contributed by atoms with E-state index in [1.807, 2.05) is 51.1 Å². The van der Waals surface area contributed by atoms with Crippen LogP contribution < -0.4 is 5.32 Å². The van der Waals surface area contributed by atoms with Gasteiger partial charge in [0.1, 0.15) is 6.04 Å². The molecule has 2 aromatic rings. The van der Waals surface area contributed by atoms with Gasteiger partial charge in [0, 0.05) is 32.1 Å². The van der Waals surface area contributed by atoms with Crippen molar-refractivity contribution in [2.75, 3.05) is 20.1 Å². The number of carbonyl (C=O) groups excluding carboxylic acids is 2. The van der Waals surface area contributed by atoms with Crippen molar-refractivity contribution >= 4 is 21.8 Å². The molecule has 186 valence electrons. The topological polar surface area (TPSA) is 86.8 Å². The van der Waals surface area contributed by atoms with E-state index in [0.717, 1.165) is 5.56 Å². The van der Waals surface area contributed by atoms with Crippen LogP contribution in [0.1, 0.15) is 46.1 Å². The first-order valence-electron chi connectivity index (χ1n) is 11.6. The Kier molecular flexibility index (Phi) is 9.82. The van der Waals surface area contributed by atoms with Crippen molar-refractivity contribution in [3.63, 3.8) is 0 Å². The van der Waals surface area contributed by atoms with Crippen molar-refractivity contribution in [2.24, 2.45) is 0 Å². The van der Waals surface area contributed by atoms with Gasteiger partial charge >= 0.3 is 0 Å². The van der Waals surface area contributed by atoms with Crippen LogP contribution >= 0.6 is 0 Å². The zero-order valence-electron chi connectivity index (χ0n) is 20.8. The van der Waals surface area contributed by atoms with E-state index in [1.54, 1.807) is 42.2 Å². The molecule has 8 heteroatoms. The van der Waals surface area contributed by atoms with E-state index in [4.69, 9.17) is 0 Å². The Bertz CT molecular complexity index is 1030. The molecule has 0 heterocycles. The maximum atomic E-state index is 13.2. The maximum Gasteiger partial charge on any atom is 0.242 e. The zero-order chi connectivity index (χ0) is 25.4. The van der Waals surface area contributed by atoms with Crippen LogP contribution in [-0.2, 0) is 26.0 Å². The van der Waals surface area contributed by atoms with Gasteiger partial charge in [-0.3, -0.25) is 9.59 Å². The Labute approximate surface area is 204 Å². The molecular formula is C26H37N3O4S. The molecule has 2 amide bonds. The minimum Gasteiger partial charge on any atom is -0.350 e. The van der Waals surface area contributed by atoms with Gasteiger partial charge in [-0.15, -0.1) is 0 Å². The summed E-state index contributed by atoms with van der Waals surface area (Å²) in [6.07, 6.45) is 1.13. The average Bonchev–Trinajstić information content (AvgIpc) is 2.79. The molecule has 1 N–H and O–H groups in total. The van der Waals surface area contributed by atoms with Crippen molar-refractivity contribution in [1.82, 2.24) is 14.5 Å². The molecule has 0 bridgehead atoms. The van der Waals surface area contributed by atoms with E-state index in [1.165, 1.54) is 11.4 Å². The zero-order valence-corrected chi connectivity index (χ0v) is 21.6. The number of sulfonamides is 1. The lowest BCUT2D eigenvalue weighted by molar-refractivity contribution is -0.140. The van der Waals surface area contributed by atoms with Gasteiger partial charge in [-0.05, 0) is 58.2 Å². The molecule has 0 aliphatic rings. The molecule has 1 unspecified atom stereocenters. The molecule has 0 spiro atoms. The summed E-state index contributed by atoms with van der Waals surface area (Å²) in [5, 5.41) is 2.94. The van der Waals surface area contributed by atoms with Gasteiger partial charge in [-0.25, -0.2) is 12.7 Å². The summed E-state index contributed by atoms with van der Waals surface area (Å²) in [5.41, 5.74) is 0.672. The van der Waals surface area contributed by atoms with E-state index >= 15 is 0 Å². The lowest BCUT2D eigenvalue weighted by atomic mass is 10.1. The van der Waals surface area contributed by atoms with E-state index in [2.05, 4.69) is 5.32 Å². The number of hydrogen-bond acceptors (Lipinski definition) is 4. The number of nitrogens with one attached hydrogen (secondary N) is 1. The van der Waals surface area contributed by atoms with Crippen LogP contribution in [0.25, 0.3) is 0 Å². The van der Waals surface area contributed by atoms with E-state index in [-0.39, 0.29) is 29.7 Å². The first kappa shape index (κ1) is 27.5. The van der Waals surface area contributed by atoms with Crippen molar-refractivity contribution in [3.8, 4) is 0 Å². The van der Waals surface area contributed by atoms with Crippen LogP contribution in [0.2, 0.25) is 0 Å². The van der Waals surface area contributed by atoms with Crippen LogP contribution in [-0.4, -0.2) is 61.2 Å². The standard InChI is InChI=1S/C26H37N3O4S/c1-21(25(31)27-26(2,3)4)29(20-18-22-13-8-6-9-14-22)24(30)17-12-19-28(5)34(32,33)23-15-10-7-11-16-23/h6-11,13-16,21H,12,17-20H2,1-5H3,(H,27,31). The minimum atomic E-state index is -3.61. The Morgan fingerprint density at radius 1 is 0.941 bits per heavy atom. The van der Waals surface area contributed by atoms with E-state index < -0.39 is 21.6 Å². The predicted octanol–water partition coefficient (Wildman–Crippen LogP) is 3.46. The summed E-state index contributed by atoms with van der Waals surface area (Å²) in [4.78, 5) is 27.8. The van der Waals surface area contributed by atoms with Crippen LogP contribution in [0.5, 0.6) is 0 Å². The molecular weight excluding hydrogens is 450 g/mol. The minimum absolute atomic E-state index is 0.149. The summed E-state index contributed by atoms with van der Waals surface area (Å²) >= 11 is 0. The first-order valence-corrected chi connectivity index (χ1v) is 13.0. The molecule has 0 aromatic heterocycles. The van der Waals surface area contributed by atoms with E-state index in [9.17, 15) is 18.0 Å². The summed E-state index contributed by atoms with van der Waals surface area (Å²) in [7, 11) is -2.10. The second kappa shape index (κ2) is 12.1. The fourth-order valence-corrected chi connectivity index (χ4v) is 4.76. The molecule has 0 saturated heterocycles. The van der Waals surface area contributed by atoms with Gasteiger partial charge in [-0.2, -0.15) is 0 Å². The van der Waals surface area contributed by atoms with Crippen molar-refractivity contribution in [1.29, 1.82) is 0 Å². The number of carbonyl (C=O) groups is 2. The van der Waals surface area contributed by atoms with Gasteiger partial charge in [0.2, 0.25) is 21.8 Å². The van der Waals surface area contributed by atoms with Crippen LogP contribution in [0.3, 0.4) is 0 Å². The predicted molar refractivity (Wildman–Crippen MR) is 135 cm³/mol. The lowest BCUT2D eigenvalue weighted by Crippen LogP contribution is -2.53. The van der Waals surface area contributed by atoms with Gasteiger partial charge in [-0.1, -0.05) is 48.5 Å². The molecule has 0 radical (unpaired) electrons. The Morgan fingerprint density at radius 2 is 1.50 bits per heavy atom. The number of amides is 2. The van der Waals surface area contributed by atoms with Crippen molar-refractivity contribution in [3.05, 3.63) is 66.2 Å². The highest BCUT2D eigenvalue weighted by Crippen LogP contribution is 2.15. The Morgan fingerprint density at radius 3 is 2.06 bits per heavy atom. The Balaban J connectivity index is 2.04. The van der Waals surface area contributed by atoms with E-state index in [0.29, 0.717) is 19.4 Å². The van der Waals surface area contributed by atoms with Crippen LogP contribution in [0.15, 0.2) is 65.6 Å². The number of hydrogen-bond donors (Lipinski definition) is 1. The van der Waals surface area contributed by atoms with Crippen molar-refractivity contribution in [2.45, 2.75) is 63.4 Å². The first-order chi connectivity index (χ1) is 15.9. The fraction of sp³-hybridized carbons (Fsp3) is 0.462. The normalized spacial score (nSPS) is 12.9. The molecule has 0 aliphatic carbocycles. The summed E-state index contributed by atoms with van der Waals surface area (Å²) < 4.78 is 26.7. The molecule has 1 atom stereocenters. The quantitative estimate of drug-likeness (QED) is 0.526. The number of nitrogens with zero attached hydrogens (tertiary/aromatic N) is 2. The average molecular weight is 488 g/mol. The molecule has 0 fully saturated rings. The third-order valence-corrected chi connectivity index (χ3v) is 7.34. The monoisotopic (exact) mass is 487 g/mol. The molecule has 2 rings (SSSR count). The van der Waals surface area contributed by atoms with Gasteiger partial charge in [0.15, 0.2) is 0 Å². The van der Waals surface area contributed by atoms with Crippen LogP contribution in [0, 0.1) is 0 Å². The van der Waals surface area contributed by atoms with Gasteiger partial charge in [0.25, 0.3) is 0 Å². The SMILES string of the molecule is CC(C(=O)NC(C)(C)C)N(CCc1ccccc1)C(=O)CCCN(C)S(=O)(=O)c1ccccc1. The summed E-state index contributed by atoms with van der Waals surface area (Å²) in [6, 6.07) is 17.4. The summed E-state index contributed by atoms with van der Waals surface area (Å²) in [6.45, 7) is 8.04. The number of rotatable bonds is 11. The van der Waals surface area contributed by atoms with Gasteiger partial charge < -0.3 is 10.2 Å². The molecule has 7 nitrogen and oxygen atoms in total. The van der Waals surface area contributed by atoms with Crippen molar-refractivity contribution < 1.29 is 18.0 Å². The molecule has 0 saturated carbocycles. The smallest absolute Gasteiger partial charge is 0.242 e. The molecule has 34 heavy (non-hydrogen) atoms. The van der Waals surface area contributed by atoms with Crippen LogP contribution in [0.4, 0.5) is 0 Å². The second-order valence-electron chi connectivity index (χ2n) is 9.48. The lowest BCUT2D eigenvalue weighted by Gasteiger charge is -2.31. The highest BCUT2D eigenvalue weighted by Gasteiger charge is 2.28. The molecule has 2 aromatic carbocycles. The highest BCUT2D eigenvalue weighted by molar-refractivity contribution is 7.89.